The minimum atomic E-state index is 0.864. The molecule has 0 amide bonds. The molecule has 270 valence electrons. The number of fused-ring (bicyclic) bond motifs is 12. The number of thiophene rings is 1. The molecule has 0 saturated carbocycles. The Morgan fingerprint density at radius 3 is 1.86 bits per heavy atom. The summed E-state index contributed by atoms with van der Waals surface area (Å²) >= 11 is 1.85. The first kappa shape index (κ1) is 31.8. The fraction of sp³-hybridized carbons (Fsp3) is 0. The Morgan fingerprint density at radius 1 is 0.397 bits per heavy atom. The second-order valence-corrected chi connectivity index (χ2v) is 16.3. The minimum Gasteiger partial charge on any atom is -0.456 e. The summed E-state index contributed by atoms with van der Waals surface area (Å²) < 4.78 is 11.9. The molecule has 3 nitrogen and oxygen atoms in total. The summed E-state index contributed by atoms with van der Waals surface area (Å²) in [6.45, 7) is 0. The Morgan fingerprint density at radius 2 is 1.00 bits per heavy atom. The summed E-state index contributed by atoms with van der Waals surface area (Å²) in [6, 6.07) is 70.5. The first-order valence-corrected chi connectivity index (χ1v) is 20.6. The van der Waals surface area contributed by atoms with Gasteiger partial charge in [0, 0.05) is 70.8 Å². The first-order valence-electron chi connectivity index (χ1n) is 19.8. The van der Waals surface area contributed by atoms with Crippen LogP contribution in [0.2, 0.25) is 0 Å². The number of para-hydroxylation sites is 3. The van der Waals surface area contributed by atoms with E-state index in [2.05, 4.69) is 203 Å². The molecule has 9 aromatic carbocycles. The van der Waals surface area contributed by atoms with Crippen molar-refractivity contribution in [1.29, 1.82) is 0 Å². The van der Waals surface area contributed by atoms with Gasteiger partial charge in [-0.15, -0.1) is 11.3 Å². The van der Waals surface area contributed by atoms with Gasteiger partial charge in [0.25, 0.3) is 0 Å². The van der Waals surface area contributed by atoms with Crippen LogP contribution in [0.4, 0.5) is 17.1 Å². The highest BCUT2D eigenvalue weighted by Crippen LogP contribution is 2.47. The number of rotatable bonds is 5. The molecular weight excluding hydrogens is 725 g/mol. The zero-order chi connectivity index (χ0) is 37.9. The highest BCUT2D eigenvalue weighted by atomic mass is 32.1. The Bertz CT molecular complexity index is 3740. The highest BCUT2D eigenvalue weighted by Gasteiger charge is 2.22. The Kier molecular flexibility index (Phi) is 6.60. The van der Waals surface area contributed by atoms with E-state index in [1.807, 2.05) is 11.3 Å². The molecule has 0 bridgehead atoms. The molecular formula is C54H32N2OS. The molecule has 0 radical (unpaired) electrons. The van der Waals surface area contributed by atoms with Crippen molar-refractivity contribution in [3.8, 4) is 22.3 Å². The van der Waals surface area contributed by atoms with Crippen molar-refractivity contribution in [3.05, 3.63) is 194 Å². The van der Waals surface area contributed by atoms with Gasteiger partial charge in [-0.1, -0.05) is 133 Å². The van der Waals surface area contributed by atoms with E-state index in [0.717, 1.165) is 44.6 Å². The highest BCUT2D eigenvalue weighted by molar-refractivity contribution is 7.26. The Labute approximate surface area is 337 Å². The van der Waals surface area contributed by atoms with E-state index < -0.39 is 0 Å². The van der Waals surface area contributed by atoms with Crippen LogP contribution in [0, 0.1) is 0 Å². The van der Waals surface area contributed by atoms with E-state index >= 15 is 0 Å². The largest absolute Gasteiger partial charge is 0.456 e. The molecule has 13 rings (SSSR count). The van der Waals surface area contributed by atoms with Gasteiger partial charge in [-0.25, -0.2) is 0 Å². The van der Waals surface area contributed by atoms with E-state index in [9.17, 15) is 0 Å². The fourth-order valence-corrected chi connectivity index (χ4v) is 10.8. The third-order valence-corrected chi connectivity index (χ3v) is 13.3. The molecule has 0 aliphatic rings. The molecule has 4 aromatic heterocycles. The average Bonchev–Trinajstić information content (AvgIpc) is 4.04. The molecule has 4 heterocycles. The van der Waals surface area contributed by atoms with Crippen LogP contribution in [0.5, 0.6) is 0 Å². The van der Waals surface area contributed by atoms with Crippen LogP contribution in [-0.2, 0) is 0 Å². The number of anilines is 3. The lowest BCUT2D eigenvalue weighted by Crippen LogP contribution is -2.10. The molecule has 0 aliphatic carbocycles. The van der Waals surface area contributed by atoms with E-state index in [0.29, 0.717) is 0 Å². The van der Waals surface area contributed by atoms with Gasteiger partial charge in [0.1, 0.15) is 11.2 Å². The first-order chi connectivity index (χ1) is 28.8. The third-order valence-electron chi connectivity index (χ3n) is 12.1. The molecule has 0 atom stereocenters. The van der Waals surface area contributed by atoms with E-state index in [-0.39, 0.29) is 0 Å². The van der Waals surface area contributed by atoms with E-state index in [1.165, 1.54) is 75.0 Å². The summed E-state index contributed by atoms with van der Waals surface area (Å²) in [5.41, 5.74) is 13.5. The SMILES string of the molecule is c1ccc(-c2ccc(N(c3ccc4c(c3)oc3cc(-c5cccc6c7cccc8c9ccccc9n(c56)c87)ccc34)c3cccc4c3sc3ccccc34)cc2)cc1. The van der Waals surface area contributed by atoms with Crippen LogP contribution in [0.1, 0.15) is 0 Å². The fourth-order valence-electron chi connectivity index (χ4n) is 9.54. The number of nitrogens with zero attached hydrogens (tertiary/aromatic N) is 2. The third kappa shape index (κ3) is 4.49. The monoisotopic (exact) mass is 756 g/mol. The molecule has 0 N–H and O–H groups in total. The van der Waals surface area contributed by atoms with Crippen LogP contribution in [-0.4, -0.2) is 4.40 Å². The van der Waals surface area contributed by atoms with Crippen LogP contribution in [0.25, 0.3) is 102 Å². The van der Waals surface area contributed by atoms with Crippen LogP contribution in [0.3, 0.4) is 0 Å². The lowest BCUT2D eigenvalue weighted by atomic mass is 10.00. The van der Waals surface area contributed by atoms with Crippen LogP contribution in [0.15, 0.2) is 199 Å². The topological polar surface area (TPSA) is 20.8 Å². The minimum absolute atomic E-state index is 0.864. The molecule has 4 heteroatoms. The zero-order valence-corrected chi connectivity index (χ0v) is 32.0. The lowest BCUT2D eigenvalue weighted by Gasteiger charge is -2.26. The van der Waals surface area contributed by atoms with Gasteiger partial charge in [0.15, 0.2) is 0 Å². The summed E-state index contributed by atoms with van der Waals surface area (Å²) in [5.74, 6) is 0. The average molecular weight is 757 g/mol. The van der Waals surface area contributed by atoms with Gasteiger partial charge in [0.05, 0.1) is 26.9 Å². The van der Waals surface area contributed by atoms with Gasteiger partial charge < -0.3 is 13.7 Å². The molecule has 0 spiro atoms. The second kappa shape index (κ2) is 12.1. The van der Waals surface area contributed by atoms with Crippen molar-refractivity contribution in [1.82, 2.24) is 4.40 Å². The van der Waals surface area contributed by atoms with Crippen molar-refractivity contribution >= 4 is 109 Å². The van der Waals surface area contributed by atoms with E-state index in [4.69, 9.17) is 4.42 Å². The lowest BCUT2D eigenvalue weighted by molar-refractivity contribution is 0.669. The van der Waals surface area contributed by atoms with Crippen LogP contribution >= 0.6 is 11.3 Å². The molecule has 58 heavy (non-hydrogen) atoms. The molecule has 0 aliphatic heterocycles. The molecule has 0 unspecified atom stereocenters. The zero-order valence-electron chi connectivity index (χ0n) is 31.2. The molecule has 0 fully saturated rings. The summed E-state index contributed by atoms with van der Waals surface area (Å²) in [5, 5.41) is 9.91. The van der Waals surface area contributed by atoms with Gasteiger partial charge in [-0.2, -0.15) is 0 Å². The smallest absolute Gasteiger partial charge is 0.137 e. The standard InChI is InChI=1S/C54H32N2OS/c1-2-11-33(12-3-1)34-23-26-36(27-24-34)55(48-21-10-19-46-42-14-5-7-22-51(42)58-54(46)48)37-28-30-41-40-29-25-35(31-49(40)57-50(41)32-37)38-15-8-17-44-45-18-9-16-43-39-13-4-6-20-47(39)56(52(38)44)53(43)45/h1-32H. The van der Waals surface area contributed by atoms with Crippen molar-refractivity contribution < 1.29 is 4.42 Å². The van der Waals surface area contributed by atoms with Crippen molar-refractivity contribution in [2.75, 3.05) is 4.90 Å². The Balaban J connectivity index is 0.985. The predicted molar refractivity (Wildman–Crippen MR) is 247 cm³/mol. The van der Waals surface area contributed by atoms with Gasteiger partial charge in [0.2, 0.25) is 0 Å². The van der Waals surface area contributed by atoms with Crippen LogP contribution < -0.4 is 4.90 Å². The van der Waals surface area contributed by atoms with Gasteiger partial charge in [-0.05, 0) is 71.3 Å². The maximum absolute atomic E-state index is 6.85. The number of benzene rings is 9. The summed E-state index contributed by atoms with van der Waals surface area (Å²) in [7, 11) is 0. The second-order valence-electron chi connectivity index (χ2n) is 15.2. The summed E-state index contributed by atoms with van der Waals surface area (Å²) in [6.07, 6.45) is 0. The maximum Gasteiger partial charge on any atom is 0.137 e. The predicted octanol–water partition coefficient (Wildman–Crippen LogP) is 15.9. The number of hydrogen-bond acceptors (Lipinski definition) is 3. The maximum atomic E-state index is 6.85. The number of hydrogen-bond donors (Lipinski definition) is 0. The molecule has 0 saturated heterocycles. The number of furan rings is 1. The van der Waals surface area contributed by atoms with E-state index in [1.54, 1.807) is 0 Å². The van der Waals surface area contributed by atoms with Crippen molar-refractivity contribution in [2.24, 2.45) is 0 Å². The van der Waals surface area contributed by atoms with Crippen molar-refractivity contribution in [2.45, 2.75) is 0 Å². The van der Waals surface area contributed by atoms with Gasteiger partial charge >= 0.3 is 0 Å². The quantitative estimate of drug-likeness (QED) is 0.174. The Hall–Kier alpha value is -7.40. The normalized spacial score (nSPS) is 12.1. The molecule has 13 aromatic rings. The summed E-state index contributed by atoms with van der Waals surface area (Å²) in [4.78, 5) is 2.39. The number of aromatic nitrogens is 1. The van der Waals surface area contributed by atoms with Gasteiger partial charge in [-0.3, -0.25) is 0 Å². The van der Waals surface area contributed by atoms with Crippen molar-refractivity contribution in [3.63, 3.8) is 0 Å².